The molecule has 0 aromatic heterocycles. The molecule has 4 nitrogen and oxygen atoms in total. The first-order valence-corrected chi connectivity index (χ1v) is 9.43. The quantitative estimate of drug-likeness (QED) is 0.835. The molecule has 2 atom stereocenters. The number of fused-ring (bicyclic) bond motifs is 4. The van der Waals surface area contributed by atoms with Gasteiger partial charge in [-0.2, -0.15) is 0 Å². The zero-order valence-electron chi connectivity index (χ0n) is 15.4. The van der Waals surface area contributed by atoms with Crippen molar-refractivity contribution in [3.8, 4) is 0 Å². The summed E-state index contributed by atoms with van der Waals surface area (Å²) in [5.74, 6) is -0.471. The first kappa shape index (κ1) is 17.7. The zero-order valence-corrected chi connectivity index (χ0v) is 15.4. The van der Waals surface area contributed by atoms with Gasteiger partial charge < -0.3 is 9.80 Å². The van der Waals surface area contributed by atoms with Crippen LogP contribution < -0.4 is 0 Å². The normalized spacial score (nSPS) is 22.1. The van der Waals surface area contributed by atoms with Crippen molar-refractivity contribution in [1.29, 1.82) is 0 Å². The summed E-state index contributed by atoms with van der Waals surface area (Å²) in [4.78, 5) is 29.7. The van der Waals surface area contributed by atoms with E-state index in [1.54, 1.807) is 17.9 Å². The van der Waals surface area contributed by atoms with Crippen LogP contribution in [0.5, 0.6) is 0 Å². The Morgan fingerprint density at radius 1 is 1.11 bits per heavy atom. The lowest BCUT2D eigenvalue weighted by atomic mass is 9.93. The lowest BCUT2D eigenvalue weighted by Crippen LogP contribution is -2.47. The maximum absolute atomic E-state index is 13.4. The Balaban J connectivity index is 1.57. The molecule has 0 radical (unpaired) electrons. The minimum atomic E-state index is -0.343. The van der Waals surface area contributed by atoms with E-state index in [9.17, 15) is 14.0 Å². The monoisotopic (exact) mass is 366 g/mol. The van der Waals surface area contributed by atoms with Crippen LogP contribution in [0.2, 0.25) is 0 Å². The highest BCUT2D eigenvalue weighted by Gasteiger charge is 2.42. The molecule has 0 aliphatic carbocycles. The van der Waals surface area contributed by atoms with Crippen LogP contribution in [0.1, 0.15) is 34.3 Å². The van der Waals surface area contributed by atoms with Gasteiger partial charge in [0.25, 0.3) is 5.91 Å². The van der Waals surface area contributed by atoms with Crippen molar-refractivity contribution >= 4 is 11.8 Å². The minimum Gasteiger partial charge on any atom is -0.336 e. The van der Waals surface area contributed by atoms with Crippen LogP contribution in [0, 0.1) is 18.7 Å². The van der Waals surface area contributed by atoms with Crippen molar-refractivity contribution in [2.45, 2.75) is 32.4 Å². The average Bonchev–Trinajstić information content (AvgIpc) is 2.95. The molecule has 0 spiro atoms. The average molecular weight is 366 g/mol. The van der Waals surface area contributed by atoms with Gasteiger partial charge >= 0.3 is 0 Å². The number of carbonyl (C=O) groups excluding carboxylic acids is 2. The van der Waals surface area contributed by atoms with Crippen molar-refractivity contribution in [2.24, 2.45) is 5.92 Å². The number of nitrogens with zero attached hydrogens (tertiary/aromatic N) is 2. The largest absolute Gasteiger partial charge is 0.336 e. The molecule has 0 saturated carbocycles. The number of carbonyl (C=O) groups is 2. The number of hydrogen-bond donors (Lipinski definition) is 0. The van der Waals surface area contributed by atoms with Crippen LogP contribution >= 0.6 is 0 Å². The van der Waals surface area contributed by atoms with E-state index in [0.29, 0.717) is 30.8 Å². The summed E-state index contributed by atoms with van der Waals surface area (Å²) < 4.78 is 13.4. The van der Waals surface area contributed by atoms with Gasteiger partial charge in [0.2, 0.25) is 5.91 Å². The second-order valence-electron chi connectivity index (χ2n) is 7.55. The molecular formula is C22H23FN2O2. The van der Waals surface area contributed by atoms with E-state index in [1.807, 2.05) is 35.2 Å². The van der Waals surface area contributed by atoms with Gasteiger partial charge in [0, 0.05) is 31.2 Å². The Kier molecular flexibility index (Phi) is 4.68. The second-order valence-corrected chi connectivity index (χ2v) is 7.55. The molecule has 3 heterocycles. The fraction of sp³-hybridized carbons (Fsp3) is 0.364. The lowest BCUT2D eigenvalue weighted by Gasteiger charge is -2.36. The van der Waals surface area contributed by atoms with E-state index in [-0.39, 0.29) is 29.6 Å². The number of piperidine rings is 1. The minimum absolute atomic E-state index is 0.0289. The van der Waals surface area contributed by atoms with Crippen molar-refractivity contribution in [3.05, 3.63) is 71.0 Å². The van der Waals surface area contributed by atoms with Crippen molar-refractivity contribution in [2.75, 3.05) is 13.1 Å². The van der Waals surface area contributed by atoms with E-state index >= 15 is 0 Å². The van der Waals surface area contributed by atoms with E-state index < -0.39 is 0 Å². The van der Waals surface area contributed by atoms with Crippen LogP contribution in [-0.2, 0) is 11.3 Å². The second kappa shape index (κ2) is 7.14. The first-order chi connectivity index (χ1) is 13.0. The van der Waals surface area contributed by atoms with E-state index in [0.717, 1.165) is 18.4 Å². The highest BCUT2D eigenvalue weighted by molar-refractivity contribution is 5.96. The zero-order chi connectivity index (χ0) is 19.0. The van der Waals surface area contributed by atoms with Gasteiger partial charge in [-0.25, -0.2) is 4.39 Å². The van der Waals surface area contributed by atoms with Crippen LogP contribution in [-0.4, -0.2) is 40.7 Å². The van der Waals surface area contributed by atoms with Crippen LogP contribution in [0.4, 0.5) is 4.39 Å². The molecule has 0 N–H and O–H groups in total. The molecule has 3 fully saturated rings. The SMILES string of the molecule is Cc1cc(F)ccc1C(=O)N1C[C@@H]2CC[C@H](C1)N(Cc1ccccc1)C2=O. The Morgan fingerprint density at radius 3 is 2.63 bits per heavy atom. The number of amides is 2. The lowest BCUT2D eigenvalue weighted by molar-refractivity contribution is -0.140. The molecule has 3 aliphatic rings. The van der Waals surface area contributed by atoms with Crippen molar-refractivity contribution in [3.63, 3.8) is 0 Å². The summed E-state index contributed by atoms with van der Waals surface area (Å²) in [6.07, 6.45) is 1.73. The standard InChI is InChI=1S/C22H23FN2O2/c1-15-11-18(23)8-10-20(15)22(27)24-13-17-7-9-19(14-24)25(21(17)26)12-16-5-3-2-4-6-16/h2-6,8,10-11,17,19H,7,9,12-14H2,1H3/t17-,19+/m0/s1. The molecule has 27 heavy (non-hydrogen) atoms. The fourth-order valence-electron chi connectivity index (χ4n) is 4.23. The Bertz CT molecular complexity index is 868. The maximum Gasteiger partial charge on any atom is 0.254 e. The Morgan fingerprint density at radius 2 is 1.89 bits per heavy atom. The third kappa shape index (κ3) is 3.46. The smallest absolute Gasteiger partial charge is 0.254 e. The van der Waals surface area contributed by atoms with E-state index in [4.69, 9.17) is 0 Å². The topological polar surface area (TPSA) is 40.6 Å². The molecule has 2 amide bonds. The number of halogens is 1. The highest BCUT2D eigenvalue weighted by Crippen LogP contribution is 2.31. The Hall–Kier alpha value is -2.69. The maximum atomic E-state index is 13.4. The molecule has 3 saturated heterocycles. The molecule has 0 unspecified atom stereocenters. The van der Waals surface area contributed by atoms with E-state index in [1.165, 1.54) is 12.1 Å². The first-order valence-electron chi connectivity index (χ1n) is 9.43. The van der Waals surface area contributed by atoms with Gasteiger partial charge in [0.15, 0.2) is 0 Å². The summed E-state index contributed by atoms with van der Waals surface area (Å²) in [5, 5.41) is 0. The summed E-state index contributed by atoms with van der Waals surface area (Å²) in [6, 6.07) is 14.2. The molecule has 5 rings (SSSR count). The van der Waals surface area contributed by atoms with Gasteiger partial charge in [0.05, 0.1) is 5.92 Å². The van der Waals surface area contributed by atoms with Gasteiger partial charge in [0.1, 0.15) is 5.82 Å². The van der Waals surface area contributed by atoms with Crippen LogP contribution in [0.25, 0.3) is 0 Å². The van der Waals surface area contributed by atoms with Gasteiger partial charge in [-0.05, 0) is 49.1 Å². The van der Waals surface area contributed by atoms with Gasteiger partial charge in [-0.15, -0.1) is 0 Å². The molecular weight excluding hydrogens is 343 g/mol. The van der Waals surface area contributed by atoms with Crippen molar-refractivity contribution in [1.82, 2.24) is 9.80 Å². The van der Waals surface area contributed by atoms with Crippen LogP contribution in [0.3, 0.4) is 0 Å². The molecule has 2 bridgehead atoms. The number of hydrogen-bond acceptors (Lipinski definition) is 2. The number of aryl methyl sites for hydroxylation is 1. The third-order valence-corrected chi connectivity index (χ3v) is 5.70. The fourth-order valence-corrected chi connectivity index (χ4v) is 4.23. The van der Waals surface area contributed by atoms with E-state index in [2.05, 4.69) is 0 Å². The molecule has 5 heteroatoms. The number of rotatable bonds is 3. The summed E-state index contributed by atoms with van der Waals surface area (Å²) in [6.45, 7) is 3.30. The third-order valence-electron chi connectivity index (χ3n) is 5.70. The van der Waals surface area contributed by atoms with Gasteiger partial charge in [-0.1, -0.05) is 30.3 Å². The van der Waals surface area contributed by atoms with Crippen molar-refractivity contribution < 1.29 is 14.0 Å². The molecule has 3 aliphatic heterocycles. The summed E-state index contributed by atoms with van der Waals surface area (Å²) in [7, 11) is 0. The predicted molar refractivity (Wildman–Crippen MR) is 101 cm³/mol. The summed E-state index contributed by atoms with van der Waals surface area (Å²) >= 11 is 0. The molecule has 140 valence electrons. The number of benzene rings is 2. The molecule has 2 aromatic carbocycles. The van der Waals surface area contributed by atoms with Gasteiger partial charge in [-0.3, -0.25) is 9.59 Å². The van der Waals surface area contributed by atoms with Crippen LogP contribution in [0.15, 0.2) is 48.5 Å². The summed E-state index contributed by atoms with van der Waals surface area (Å²) in [5.41, 5.74) is 2.24. The predicted octanol–water partition coefficient (Wildman–Crippen LogP) is 3.40. The molecule has 2 aromatic rings. The highest BCUT2D eigenvalue weighted by atomic mass is 19.1. The Labute approximate surface area is 158 Å².